The van der Waals surface area contributed by atoms with Gasteiger partial charge in [-0.1, -0.05) is 17.4 Å². The summed E-state index contributed by atoms with van der Waals surface area (Å²) in [5.74, 6) is -1.84. The Bertz CT molecular complexity index is 1470. The number of fused-ring (bicyclic) bond motifs is 3. The van der Waals surface area contributed by atoms with E-state index in [-0.39, 0.29) is 17.5 Å². The number of benzene rings is 2. The number of halogens is 3. The Morgan fingerprint density at radius 2 is 1.97 bits per heavy atom. The number of imidazole rings is 1. The fourth-order valence-corrected chi connectivity index (χ4v) is 6.53. The Kier molecular flexibility index (Phi) is 7.11. The van der Waals surface area contributed by atoms with Crippen LogP contribution in [0.3, 0.4) is 0 Å². The second-order valence-corrected chi connectivity index (χ2v) is 11.2. The molecule has 38 heavy (non-hydrogen) atoms. The van der Waals surface area contributed by atoms with Crippen molar-refractivity contribution >= 4 is 32.4 Å². The number of nitrogens with one attached hydrogen (secondary N) is 2. The summed E-state index contributed by atoms with van der Waals surface area (Å²) in [6, 6.07) is 8.55. The number of alkyl halides is 1. The molecule has 1 amide bonds. The van der Waals surface area contributed by atoms with Gasteiger partial charge >= 0.3 is 0 Å². The number of carbonyl (C=O) groups excluding carboxylic acids is 1. The van der Waals surface area contributed by atoms with Crippen molar-refractivity contribution in [1.82, 2.24) is 24.9 Å². The lowest BCUT2D eigenvalue weighted by Gasteiger charge is -2.28. The van der Waals surface area contributed by atoms with Gasteiger partial charge in [-0.2, -0.15) is 0 Å². The molecule has 2 aromatic carbocycles. The Labute approximate surface area is 222 Å². The zero-order valence-electron chi connectivity index (χ0n) is 21.0. The standard InChI is InChI=1S/C28H30F3N5OS/c29-18-8-13-35(14-9-18)12-2-11-33-27(37)17-4-7-23-24(15-17)38-28-34-22(16-36(23)28)20-6-5-19(25(30)26(20)31)21-3-1-10-32-21/h4-7,15-16,18,21,32H,1-3,8-14H2,(H,33,37). The van der Waals surface area contributed by atoms with E-state index in [2.05, 4.69) is 20.5 Å². The lowest BCUT2D eigenvalue weighted by molar-refractivity contribution is 0.0950. The number of aromatic nitrogens is 2. The molecule has 2 fully saturated rings. The second kappa shape index (κ2) is 10.7. The van der Waals surface area contributed by atoms with E-state index >= 15 is 4.39 Å². The quantitative estimate of drug-likeness (QED) is 0.305. The van der Waals surface area contributed by atoms with Gasteiger partial charge in [0.05, 0.1) is 15.9 Å². The first-order valence-corrected chi connectivity index (χ1v) is 14.1. The summed E-state index contributed by atoms with van der Waals surface area (Å²) in [7, 11) is 0. The highest BCUT2D eigenvalue weighted by atomic mass is 32.1. The average Bonchev–Trinajstić information content (AvgIpc) is 3.66. The van der Waals surface area contributed by atoms with Crippen LogP contribution in [0.25, 0.3) is 26.4 Å². The van der Waals surface area contributed by atoms with Gasteiger partial charge in [0, 0.05) is 48.6 Å². The topological polar surface area (TPSA) is 61.7 Å². The van der Waals surface area contributed by atoms with Gasteiger partial charge in [0.2, 0.25) is 0 Å². The molecule has 4 aromatic rings. The fourth-order valence-electron chi connectivity index (χ4n) is 5.49. The SMILES string of the molecule is O=C(NCCCN1CCC(F)CC1)c1ccc2c(c1)sc1nc(-c3ccc(C4CCCN4)c(F)c3F)cn12. The van der Waals surface area contributed by atoms with E-state index in [0.717, 1.165) is 55.7 Å². The van der Waals surface area contributed by atoms with E-state index in [1.807, 2.05) is 16.5 Å². The number of likely N-dealkylation sites (tertiary alicyclic amines) is 1. The van der Waals surface area contributed by atoms with Crippen LogP contribution in [0.15, 0.2) is 36.5 Å². The minimum atomic E-state index is -0.878. The maximum absolute atomic E-state index is 15.0. The third-order valence-electron chi connectivity index (χ3n) is 7.63. The van der Waals surface area contributed by atoms with Crippen LogP contribution in [0.5, 0.6) is 0 Å². The Hall–Kier alpha value is -2.95. The molecule has 4 heterocycles. The number of hydrogen-bond donors (Lipinski definition) is 2. The molecule has 0 radical (unpaired) electrons. The zero-order chi connectivity index (χ0) is 26.2. The molecule has 1 unspecified atom stereocenters. The number of piperidine rings is 1. The van der Waals surface area contributed by atoms with Gasteiger partial charge in [-0.05, 0) is 69.5 Å². The first-order chi connectivity index (χ1) is 18.5. The largest absolute Gasteiger partial charge is 0.352 e. The Morgan fingerprint density at radius 1 is 1.13 bits per heavy atom. The molecule has 0 spiro atoms. The number of amides is 1. The van der Waals surface area contributed by atoms with Crippen LogP contribution >= 0.6 is 11.3 Å². The van der Waals surface area contributed by atoms with E-state index in [1.165, 1.54) is 11.3 Å². The van der Waals surface area contributed by atoms with Crippen molar-refractivity contribution in [3.8, 4) is 11.3 Å². The summed E-state index contributed by atoms with van der Waals surface area (Å²) < 4.78 is 45.9. The maximum Gasteiger partial charge on any atom is 0.251 e. The van der Waals surface area contributed by atoms with Gasteiger partial charge in [0.25, 0.3) is 5.91 Å². The summed E-state index contributed by atoms with van der Waals surface area (Å²) >= 11 is 1.40. The highest BCUT2D eigenvalue weighted by molar-refractivity contribution is 7.23. The van der Waals surface area contributed by atoms with Crippen LogP contribution in [-0.2, 0) is 0 Å². The lowest BCUT2D eigenvalue weighted by Crippen LogP contribution is -2.36. The molecular weight excluding hydrogens is 511 g/mol. The van der Waals surface area contributed by atoms with Crippen LogP contribution in [0.2, 0.25) is 0 Å². The maximum atomic E-state index is 15.0. The molecule has 2 aliphatic heterocycles. The first kappa shape index (κ1) is 25.3. The highest BCUT2D eigenvalue weighted by Gasteiger charge is 2.25. The van der Waals surface area contributed by atoms with Crippen LogP contribution in [-0.4, -0.2) is 59.1 Å². The van der Waals surface area contributed by atoms with E-state index in [1.54, 1.807) is 24.4 Å². The average molecular weight is 542 g/mol. The molecule has 6 nitrogen and oxygen atoms in total. The van der Waals surface area contributed by atoms with Crippen molar-refractivity contribution in [2.45, 2.75) is 44.3 Å². The molecule has 2 N–H and O–H groups in total. The summed E-state index contributed by atoms with van der Waals surface area (Å²) in [4.78, 5) is 20.1. The Morgan fingerprint density at radius 3 is 2.76 bits per heavy atom. The van der Waals surface area contributed by atoms with Crippen molar-refractivity contribution in [1.29, 1.82) is 0 Å². The molecule has 0 aliphatic carbocycles. The normalized spacial score (nSPS) is 19.1. The molecule has 2 aromatic heterocycles. The number of nitrogens with zero attached hydrogens (tertiary/aromatic N) is 3. The Balaban J connectivity index is 1.14. The van der Waals surface area contributed by atoms with Crippen molar-refractivity contribution in [2.24, 2.45) is 0 Å². The third-order valence-corrected chi connectivity index (χ3v) is 8.65. The molecule has 0 bridgehead atoms. The summed E-state index contributed by atoms with van der Waals surface area (Å²) in [6.45, 7) is 3.77. The molecule has 6 rings (SSSR count). The smallest absolute Gasteiger partial charge is 0.251 e. The predicted octanol–water partition coefficient (Wildman–Crippen LogP) is 5.47. The van der Waals surface area contributed by atoms with Crippen molar-refractivity contribution < 1.29 is 18.0 Å². The van der Waals surface area contributed by atoms with Gasteiger partial charge in [0.1, 0.15) is 6.17 Å². The van der Waals surface area contributed by atoms with Gasteiger partial charge in [-0.3, -0.25) is 9.20 Å². The minimum Gasteiger partial charge on any atom is -0.352 e. The molecule has 200 valence electrons. The number of carbonyl (C=O) groups is 1. The lowest BCUT2D eigenvalue weighted by atomic mass is 10.0. The number of hydrogen-bond acceptors (Lipinski definition) is 5. The van der Waals surface area contributed by atoms with E-state index in [4.69, 9.17) is 0 Å². The molecular formula is C28H30F3N5OS. The third kappa shape index (κ3) is 4.92. The van der Waals surface area contributed by atoms with Gasteiger partial charge in [-0.15, -0.1) is 0 Å². The first-order valence-electron chi connectivity index (χ1n) is 13.3. The van der Waals surface area contributed by atoms with E-state index < -0.39 is 17.8 Å². The zero-order valence-corrected chi connectivity index (χ0v) is 21.8. The van der Waals surface area contributed by atoms with Crippen LogP contribution in [0, 0.1) is 11.6 Å². The predicted molar refractivity (Wildman–Crippen MR) is 143 cm³/mol. The molecule has 2 saturated heterocycles. The highest BCUT2D eigenvalue weighted by Crippen LogP contribution is 2.34. The van der Waals surface area contributed by atoms with Crippen molar-refractivity contribution in [2.75, 3.05) is 32.7 Å². The van der Waals surface area contributed by atoms with Crippen LogP contribution < -0.4 is 10.6 Å². The molecule has 10 heteroatoms. The van der Waals surface area contributed by atoms with Crippen LogP contribution in [0.1, 0.15) is 54.1 Å². The molecule has 0 saturated carbocycles. The minimum absolute atomic E-state index is 0.137. The molecule has 2 aliphatic rings. The summed E-state index contributed by atoms with van der Waals surface area (Å²) in [5, 5.41) is 6.18. The van der Waals surface area contributed by atoms with Crippen molar-refractivity contribution in [3.63, 3.8) is 0 Å². The number of thiazole rings is 1. The van der Waals surface area contributed by atoms with Crippen molar-refractivity contribution in [3.05, 3.63) is 59.3 Å². The fraction of sp³-hybridized carbons (Fsp3) is 0.429. The summed E-state index contributed by atoms with van der Waals surface area (Å²) in [5.41, 5.74) is 2.28. The van der Waals surface area contributed by atoms with E-state index in [0.29, 0.717) is 41.2 Å². The molecule has 1 atom stereocenters. The van der Waals surface area contributed by atoms with Crippen LogP contribution in [0.4, 0.5) is 13.2 Å². The van der Waals surface area contributed by atoms with Gasteiger partial charge < -0.3 is 15.5 Å². The van der Waals surface area contributed by atoms with Gasteiger partial charge in [-0.25, -0.2) is 18.2 Å². The summed E-state index contributed by atoms with van der Waals surface area (Å²) in [6.07, 6.45) is 4.77. The number of rotatable bonds is 7. The van der Waals surface area contributed by atoms with E-state index in [9.17, 15) is 13.6 Å². The monoisotopic (exact) mass is 541 g/mol. The van der Waals surface area contributed by atoms with Gasteiger partial charge in [0.15, 0.2) is 16.6 Å². The second-order valence-electron chi connectivity index (χ2n) is 10.2.